The maximum Gasteiger partial charge on any atom is 0.316 e. The van der Waals surface area contributed by atoms with E-state index in [2.05, 4.69) is 22.0 Å². The maximum absolute atomic E-state index is 10.9. The lowest BCUT2D eigenvalue weighted by Crippen LogP contribution is -2.14. The first-order valence-corrected chi connectivity index (χ1v) is 6.34. The molecule has 1 N–H and O–H groups in total. The molecule has 0 saturated carbocycles. The van der Waals surface area contributed by atoms with Gasteiger partial charge in [0.15, 0.2) is 0 Å². The molecule has 0 bridgehead atoms. The van der Waals surface area contributed by atoms with Crippen molar-refractivity contribution in [2.45, 2.75) is 23.5 Å². The number of aliphatic carboxylic acids is 1. The van der Waals surface area contributed by atoms with Crippen LogP contribution in [0, 0.1) is 11.3 Å². The first kappa shape index (κ1) is 13.1. The van der Waals surface area contributed by atoms with Gasteiger partial charge in [-0.3, -0.25) is 4.79 Å². The number of thioether (sulfide) groups is 1. The van der Waals surface area contributed by atoms with E-state index < -0.39 is 11.2 Å². The number of nitriles is 1. The fourth-order valence-electron chi connectivity index (χ4n) is 1.15. The summed E-state index contributed by atoms with van der Waals surface area (Å²) in [6.45, 7) is 1.82. The molecule has 1 aromatic rings. The quantitative estimate of drug-likeness (QED) is 0.867. The van der Waals surface area contributed by atoms with Gasteiger partial charge in [0.1, 0.15) is 11.3 Å². The molecule has 0 radical (unpaired) electrons. The molecule has 5 heteroatoms. The van der Waals surface area contributed by atoms with Crippen molar-refractivity contribution < 1.29 is 9.90 Å². The third kappa shape index (κ3) is 3.26. The van der Waals surface area contributed by atoms with E-state index in [0.717, 1.165) is 4.47 Å². The van der Waals surface area contributed by atoms with Crippen molar-refractivity contribution in [2.24, 2.45) is 0 Å². The Morgan fingerprint density at radius 2 is 2.38 bits per heavy atom. The minimum absolute atomic E-state index is 0.507. The fourth-order valence-corrected chi connectivity index (χ4v) is 2.67. The maximum atomic E-state index is 10.9. The van der Waals surface area contributed by atoms with Crippen molar-refractivity contribution in [2.75, 3.05) is 0 Å². The first-order chi connectivity index (χ1) is 7.58. The van der Waals surface area contributed by atoms with Crippen molar-refractivity contribution in [3.05, 3.63) is 28.2 Å². The van der Waals surface area contributed by atoms with Crippen LogP contribution in [0.2, 0.25) is 0 Å². The van der Waals surface area contributed by atoms with Crippen molar-refractivity contribution in [3.8, 4) is 6.07 Å². The highest BCUT2D eigenvalue weighted by molar-refractivity contribution is 9.10. The van der Waals surface area contributed by atoms with Gasteiger partial charge < -0.3 is 5.11 Å². The zero-order chi connectivity index (χ0) is 12.1. The monoisotopic (exact) mass is 299 g/mol. The van der Waals surface area contributed by atoms with Crippen LogP contribution in [0.4, 0.5) is 0 Å². The summed E-state index contributed by atoms with van der Waals surface area (Å²) in [5.41, 5.74) is 0.507. The van der Waals surface area contributed by atoms with Gasteiger partial charge in [-0.2, -0.15) is 5.26 Å². The second-order valence-corrected chi connectivity index (χ2v) is 5.27. The summed E-state index contributed by atoms with van der Waals surface area (Å²) in [6, 6.07) is 7.28. The average Bonchev–Trinajstić information content (AvgIpc) is 2.25. The molecule has 16 heavy (non-hydrogen) atoms. The minimum Gasteiger partial charge on any atom is -0.480 e. The van der Waals surface area contributed by atoms with Crippen LogP contribution in [-0.2, 0) is 4.79 Å². The van der Waals surface area contributed by atoms with Gasteiger partial charge in [0.05, 0.1) is 5.56 Å². The normalized spacial score (nSPS) is 11.8. The van der Waals surface area contributed by atoms with Crippen LogP contribution in [-0.4, -0.2) is 16.3 Å². The molecule has 3 nitrogen and oxygen atoms in total. The second kappa shape index (κ2) is 5.92. The van der Waals surface area contributed by atoms with Gasteiger partial charge >= 0.3 is 5.97 Å². The molecule has 1 aromatic carbocycles. The van der Waals surface area contributed by atoms with Crippen LogP contribution < -0.4 is 0 Å². The highest BCUT2D eigenvalue weighted by atomic mass is 79.9. The van der Waals surface area contributed by atoms with E-state index in [1.807, 2.05) is 6.92 Å². The Hall–Kier alpha value is -0.990. The van der Waals surface area contributed by atoms with Crippen molar-refractivity contribution >= 4 is 33.7 Å². The van der Waals surface area contributed by atoms with E-state index in [4.69, 9.17) is 10.4 Å². The van der Waals surface area contributed by atoms with Crippen LogP contribution in [0.15, 0.2) is 27.6 Å². The number of halogens is 1. The number of rotatable bonds is 4. The number of hydrogen-bond donors (Lipinski definition) is 1. The molecule has 0 amide bonds. The zero-order valence-electron chi connectivity index (χ0n) is 8.61. The van der Waals surface area contributed by atoms with Gasteiger partial charge in [0.25, 0.3) is 0 Å². The van der Waals surface area contributed by atoms with Crippen molar-refractivity contribution in [3.63, 3.8) is 0 Å². The van der Waals surface area contributed by atoms with E-state index >= 15 is 0 Å². The van der Waals surface area contributed by atoms with Gasteiger partial charge in [0, 0.05) is 9.37 Å². The van der Waals surface area contributed by atoms with E-state index in [1.165, 1.54) is 11.8 Å². The summed E-state index contributed by atoms with van der Waals surface area (Å²) < 4.78 is 0.842. The molecule has 0 aliphatic carbocycles. The van der Waals surface area contributed by atoms with Gasteiger partial charge in [0.2, 0.25) is 0 Å². The Labute approximate surface area is 107 Å². The van der Waals surface area contributed by atoms with Crippen molar-refractivity contribution in [1.82, 2.24) is 0 Å². The fraction of sp³-hybridized carbons (Fsp3) is 0.273. The number of carboxylic acid groups (broad SMARTS) is 1. The number of carboxylic acids is 1. The molecule has 0 spiro atoms. The molecular weight excluding hydrogens is 290 g/mol. The van der Waals surface area contributed by atoms with Gasteiger partial charge in [-0.1, -0.05) is 22.9 Å². The third-order valence-corrected chi connectivity index (χ3v) is 3.88. The molecule has 0 heterocycles. The van der Waals surface area contributed by atoms with Crippen LogP contribution in [0.25, 0.3) is 0 Å². The number of hydrogen-bond acceptors (Lipinski definition) is 3. The highest BCUT2D eigenvalue weighted by Gasteiger charge is 2.18. The molecule has 1 atom stereocenters. The summed E-state index contributed by atoms with van der Waals surface area (Å²) in [6.07, 6.45) is 0.525. The highest BCUT2D eigenvalue weighted by Crippen LogP contribution is 2.30. The van der Waals surface area contributed by atoms with Gasteiger partial charge in [-0.05, 0) is 24.6 Å². The molecule has 0 fully saturated rings. The molecule has 0 aliphatic rings. The summed E-state index contributed by atoms with van der Waals surface area (Å²) in [5.74, 6) is -0.851. The Morgan fingerprint density at radius 3 is 2.88 bits per heavy atom. The van der Waals surface area contributed by atoms with E-state index in [-0.39, 0.29) is 0 Å². The molecule has 84 valence electrons. The average molecular weight is 300 g/mol. The largest absolute Gasteiger partial charge is 0.480 e. The standard InChI is InChI=1S/C11H10BrNO2S/c1-2-9(11(14)15)16-10-5-8(12)4-3-7(10)6-13/h3-5,9H,2H2,1H3,(H,14,15). The Morgan fingerprint density at radius 1 is 1.69 bits per heavy atom. The van der Waals surface area contributed by atoms with E-state index in [0.29, 0.717) is 16.9 Å². The molecule has 0 aliphatic heterocycles. The van der Waals surface area contributed by atoms with Crippen LogP contribution in [0.5, 0.6) is 0 Å². The van der Waals surface area contributed by atoms with E-state index in [1.54, 1.807) is 18.2 Å². The Kier molecular flexibility index (Phi) is 4.84. The number of carbonyl (C=O) groups is 1. The summed E-state index contributed by atoms with van der Waals surface area (Å²) in [7, 11) is 0. The first-order valence-electron chi connectivity index (χ1n) is 4.67. The smallest absolute Gasteiger partial charge is 0.316 e. The number of benzene rings is 1. The van der Waals surface area contributed by atoms with Crippen LogP contribution >= 0.6 is 27.7 Å². The zero-order valence-corrected chi connectivity index (χ0v) is 11.0. The van der Waals surface area contributed by atoms with Gasteiger partial charge in [-0.25, -0.2) is 0 Å². The molecule has 0 aromatic heterocycles. The SMILES string of the molecule is CCC(Sc1cc(Br)ccc1C#N)C(=O)O. The lowest BCUT2D eigenvalue weighted by Gasteiger charge is -2.10. The van der Waals surface area contributed by atoms with Crippen molar-refractivity contribution in [1.29, 1.82) is 5.26 Å². The Balaban J connectivity index is 2.99. The molecule has 1 rings (SSSR count). The summed E-state index contributed by atoms with van der Waals surface area (Å²) in [5, 5.41) is 17.3. The minimum atomic E-state index is -0.851. The van der Waals surface area contributed by atoms with Crippen LogP contribution in [0.1, 0.15) is 18.9 Å². The summed E-state index contributed by atoms with van der Waals surface area (Å²) >= 11 is 4.51. The second-order valence-electron chi connectivity index (χ2n) is 3.11. The predicted molar refractivity (Wildman–Crippen MR) is 66.4 cm³/mol. The lowest BCUT2D eigenvalue weighted by molar-refractivity contribution is -0.136. The van der Waals surface area contributed by atoms with Crippen LogP contribution in [0.3, 0.4) is 0 Å². The topological polar surface area (TPSA) is 61.1 Å². The number of nitrogens with zero attached hydrogens (tertiary/aromatic N) is 1. The predicted octanol–water partition coefficient (Wildman–Crippen LogP) is 3.28. The molecule has 1 unspecified atom stereocenters. The van der Waals surface area contributed by atoms with E-state index in [9.17, 15) is 4.79 Å². The molecule has 0 saturated heterocycles. The summed E-state index contributed by atoms with van der Waals surface area (Å²) in [4.78, 5) is 11.6. The van der Waals surface area contributed by atoms with Gasteiger partial charge in [-0.15, -0.1) is 11.8 Å². The molecular formula is C11H10BrNO2S. The lowest BCUT2D eigenvalue weighted by atomic mass is 10.2. The Bertz CT molecular complexity index is 442. The third-order valence-electron chi connectivity index (χ3n) is 1.98.